The van der Waals surface area contributed by atoms with E-state index >= 15 is 0 Å². The highest BCUT2D eigenvalue weighted by Gasteiger charge is 2.12. The van der Waals surface area contributed by atoms with Gasteiger partial charge in [0.25, 0.3) is 5.91 Å². The van der Waals surface area contributed by atoms with Gasteiger partial charge in [-0.25, -0.2) is 4.39 Å². The zero-order valence-corrected chi connectivity index (χ0v) is 10.5. The van der Waals surface area contributed by atoms with Crippen LogP contribution in [0.2, 0.25) is 0 Å². The van der Waals surface area contributed by atoms with Gasteiger partial charge in [-0.1, -0.05) is 15.9 Å². The van der Waals surface area contributed by atoms with Gasteiger partial charge in [-0.15, -0.1) is 0 Å². The van der Waals surface area contributed by atoms with Crippen LogP contribution in [0.5, 0.6) is 0 Å². The molecule has 2 rings (SSSR count). The molecule has 17 heavy (non-hydrogen) atoms. The van der Waals surface area contributed by atoms with Gasteiger partial charge in [-0.05, 0) is 24.3 Å². The number of hydrogen-bond acceptors (Lipinski definition) is 2. The van der Waals surface area contributed by atoms with Gasteiger partial charge in [-0.3, -0.25) is 9.48 Å². The maximum atomic E-state index is 13.5. The number of amides is 1. The number of anilines is 1. The van der Waals surface area contributed by atoms with Crippen LogP contribution in [0, 0.1) is 5.82 Å². The van der Waals surface area contributed by atoms with Crippen molar-refractivity contribution in [1.29, 1.82) is 0 Å². The number of halogens is 2. The van der Waals surface area contributed by atoms with Gasteiger partial charge in [0, 0.05) is 17.7 Å². The molecule has 0 saturated carbocycles. The lowest BCUT2D eigenvalue weighted by molar-refractivity contribution is 0.101. The van der Waals surface area contributed by atoms with Gasteiger partial charge < -0.3 is 5.32 Å². The predicted octanol–water partition coefficient (Wildman–Crippen LogP) is 2.57. The summed E-state index contributed by atoms with van der Waals surface area (Å²) in [7, 11) is 1.65. The van der Waals surface area contributed by atoms with E-state index < -0.39 is 11.7 Å². The van der Waals surface area contributed by atoms with Crippen molar-refractivity contribution in [3.8, 4) is 0 Å². The Labute approximate surface area is 106 Å². The summed E-state index contributed by atoms with van der Waals surface area (Å²) in [6.07, 6.45) is 1.51. The summed E-state index contributed by atoms with van der Waals surface area (Å²) in [6, 6.07) is 6.00. The average Bonchev–Trinajstić information content (AvgIpc) is 2.68. The lowest BCUT2D eigenvalue weighted by Crippen LogP contribution is -2.16. The molecule has 4 nitrogen and oxygen atoms in total. The largest absolute Gasteiger partial charge is 0.318 e. The van der Waals surface area contributed by atoms with Crippen molar-refractivity contribution in [2.24, 2.45) is 7.05 Å². The van der Waals surface area contributed by atoms with Crippen molar-refractivity contribution in [3.05, 3.63) is 46.4 Å². The summed E-state index contributed by atoms with van der Waals surface area (Å²) in [5.74, 6) is -0.888. The van der Waals surface area contributed by atoms with Crippen LogP contribution in [0.4, 0.5) is 10.1 Å². The minimum atomic E-state index is -0.491. The van der Waals surface area contributed by atoms with Gasteiger partial charge in [-0.2, -0.15) is 5.10 Å². The Morgan fingerprint density at radius 2 is 2.24 bits per heavy atom. The van der Waals surface area contributed by atoms with Gasteiger partial charge in [0.1, 0.15) is 11.5 Å². The highest BCUT2D eigenvalue weighted by molar-refractivity contribution is 9.10. The number of benzene rings is 1. The van der Waals surface area contributed by atoms with Gasteiger partial charge in [0.2, 0.25) is 0 Å². The molecular formula is C11H9BrFN3O. The summed E-state index contributed by atoms with van der Waals surface area (Å²) in [4.78, 5) is 11.8. The zero-order chi connectivity index (χ0) is 12.4. The van der Waals surface area contributed by atoms with Crippen LogP contribution < -0.4 is 5.32 Å². The van der Waals surface area contributed by atoms with Gasteiger partial charge >= 0.3 is 0 Å². The Kier molecular flexibility index (Phi) is 3.23. The van der Waals surface area contributed by atoms with E-state index in [1.165, 1.54) is 23.0 Å². The maximum absolute atomic E-state index is 13.5. The molecule has 0 radical (unpaired) electrons. The fourth-order valence-electron chi connectivity index (χ4n) is 1.37. The molecule has 0 saturated heterocycles. The van der Waals surface area contributed by atoms with Crippen molar-refractivity contribution < 1.29 is 9.18 Å². The lowest BCUT2D eigenvalue weighted by atomic mass is 10.3. The van der Waals surface area contributed by atoms with E-state index in [1.54, 1.807) is 19.2 Å². The van der Waals surface area contributed by atoms with Crippen LogP contribution in [0.3, 0.4) is 0 Å². The first-order chi connectivity index (χ1) is 8.08. The Morgan fingerprint density at radius 3 is 2.82 bits per heavy atom. The molecule has 1 heterocycles. The molecule has 0 aliphatic heterocycles. The van der Waals surface area contributed by atoms with Crippen molar-refractivity contribution in [2.75, 3.05) is 5.32 Å². The predicted molar refractivity (Wildman–Crippen MR) is 65.3 cm³/mol. The number of rotatable bonds is 2. The quantitative estimate of drug-likeness (QED) is 0.926. The van der Waals surface area contributed by atoms with Crippen LogP contribution in [0.1, 0.15) is 10.5 Å². The molecule has 2 aromatic rings. The standard InChI is InChI=1S/C11H9BrFN3O/c1-16-10(4-5-14-16)11(17)15-9-3-2-7(12)6-8(9)13/h2-6H,1H3,(H,15,17). The highest BCUT2D eigenvalue weighted by Crippen LogP contribution is 2.19. The van der Waals surface area contributed by atoms with Crippen LogP contribution in [0.15, 0.2) is 34.9 Å². The van der Waals surface area contributed by atoms with E-state index in [0.29, 0.717) is 10.2 Å². The maximum Gasteiger partial charge on any atom is 0.273 e. The van der Waals surface area contributed by atoms with E-state index in [-0.39, 0.29) is 5.69 Å². The first kappa shape index (κ1) is 11.8. The first-order valence-electron chi connectivity index (χ1n) is 4.82. The number of hydrogen-bond donors (Lipinski definition) is 1. The molecule has 0 bridgehead atoms. The summed E-state index contributed by atoms with van der Waals surface area (Å²) in [6.45, 7) is 0. The molecule has 0 aliphatic rings. The molecule has 1 amide bonds. The molecule has 1 N–H and O–H groups in total. The van der Waals surface area contributed by atoms with E-state index in [9.17, 15) is 9.18 Å². The van der Waals surface area contributed by atoms with Crippen LogP contribution in [-0.4, -0.2) is 15.7 Å². The molecule has 88 valence electrons. The summed E-state index contributed by atoms with van der Waals surface area (Å²) >= 11 is 3.15. The smallest absolute Gasteiger partial charge is 0.273 e. The topological polar surface area (TPSA) is 46.9 Å². The van der Waals surface area contributed by atoms with E-state index in [1.807, 2.05) is 0 Å². The minimum Gasteiger partial charge on any atom is -0.318 e. The van der Waals surface area contributed by atoms with Gasteiger partial charge in [0.15, 0.2) is 0 Å². The van der Waals surface area contributed by atoms with Crippen molar-refractivity contribution in [2.45, 2.75) is 0 Å². The minimum absolute atomic E-state index is 0.138. The van der Waals surface area contributed by atoms with E-state index in [4.69, 9.17) is 0 Å². The molecule has 1 aromatic heterocycles. The molecule has 0 aliphatic carbocycles. The second kappa shape index (κ2) is 4.67. The Morgan fingerprint density at radius 1 is 1.47 bits per heavy atom. The number of carbonyl (C=O) groups is 1. The number of carbonyl (C=O) groups excluding carboxylic acids is 1. The number of nitrogens with one attached hydrogen (secondary N) is 1. The Balaban J connectivity index is 2.22. The van der Waals surface area contributed by atoms with Crippen LogP contribution >= 0.6 is 15.9 Å². The molecule has 0 unspecified atom stereocenters. The highest BCUT2D eigenvalue weighted by atomic mass is 79.9. The normalized spacial score (nSPS) is 10.3. The van der Waals surface area contributed by atoms with Crippen LogP contribution in [-0.2, 0) is 7.05 Å². The Bertz CT molecular complexity index is 568. The van der Waals surface area contributed by atoms with E-state index in [0.717, 1.165) is 0 Å². The zero-order valence-electron chi connectivity index (χ0n) is 8.95. The van der Waals surface area contributed by atoms with Crippen molar-refractivity contribution >= 4 is 27.5 Å². The molecular weight excluding hydrogens is 289 g/mol. The van der Waals surface area contributed by atoms with E-state index in [2.05, 4.69) is 26.3 Å². The lowest BCUT2D eigenvalue weighted by Gasteiger charge is -2.06. The van der Waals surface area contributed by atoms with Gasteiger partial charge in [0.05, 0.1) is 5.69 Å². The molecule has 0 fully saturated rings. The summed E-state index contributed by atoms with van der Waals surface area (Å²) < 4.78 is 15.5. The van der Waals surface area contributed by atoms with Crippen molar-refractivity contribution in [1.82, 2.24) is 9.78 Å². The number of aromatic nitrogens is 2. The molecule has 0 atom stereocenters. The SMILES string of the molecule is Cn1nccc1C(=O)Nc1ccc(Br)cc1F. The first-order valence-corrected chi connectivity index (χ1v) is 5.61. The second-order valence-corrected chi connectivity index (χ2v) is 4.33. The fraction of sp³-hybridized carbons (Fsp3) is 0.0909. The third kappa shape index (κ3) is 2.52. The summed E-state index contributed by atoms with van der Waals surface area (Å²) in [5, 5.41) is 6.36. The number of nitrogens with zero attached hydrogens (tertiary/aromatic N) is 2. The molecule has 6 heteroatoms. The van der Waals surface area contributed by atoms with Crippen LogP contribution in [0.25, 0.3) is 0 Å². The fourth-order valence-corrected chi connectivity index (χ4v) is 1.71. The molecule has 1 aromatic carbocycles. The number of aryl methyl sites for hydroxylation is 1. The monoisotopic (exact) mass is 297 g/mol. The second-order valence-electron chi connectivity index (χ2n) is 3.42. The molecule has 0 spiro atoms. The van der Waals surface area contributed by atoms with Crippen molar-refractivity contribution in [3.63, 3.8) is 0 Å². The average molecular weight is 298 g/mol. The third-order valence-electron chi connectivity index (χ3n) is 2.23. The Hall–Kier alpha value is -1.69. The third-order valence-corrected chi connectivity index (χ3v) is 2.73. The summed E-state index contributed by atoms with van der Waals surface area (Å²) in [5.41, 5.74) is 0.506.